The van der Waals surface area contributed by atoms with Crippen molar-refractivity contribution < 1.29 is 4.79 Å². The van der Waals surface area contributed by atoms with Crippen molar-refractivity contribution in [2.45, 2.75) is 31.7 Å². The molecule has 4 aliphatic heterocycles. The van der Waals surface area contributed by atoms with E-state index in [0.717, 1.165) is 36.7 Å². The molecule has 4 aliphatic rings. The molecule has 3 fully saturated rings. The summed E-state index contributed by atoms with van der Waals surface area (Å²) in [6, 6.07) is 17.1. The first kappa shape index (κ1) is 19.7. The van der Waals surface area contributed by atoms with Crippen LogP contribution in [0.3, 0.4) is 0 Å². The highest BCUT2D eigenvalue weighted by Gasteiger charge is 2.38. The molecule has 0 unspecified atom stereocenters. The molecule has 5 heterocycles. The van der Waals surface area contributed by atoms with E-state index in [1.165, 1.54) is 37.1 Å². The van der Waals surface area contributed by atoms with Gasteiger partial charge in [0.1, 0.15) is 12.7 Å². The van der Waals surface area contributed by atoms with Gasteiger partial charge in [-0.1, -0.05) is 36.4 Å². The molecule has 6 nitrogen and oxygen atoms in total. The lowest BCUT2D eigenvalue weighted by molar-refractivity contribution is -0.136. The van der Waals surface area contributed by atoms with Gasteiger partial charge in [0.2, 0.25) is 5.91 Å². The molecule has 32 heavy (non-hydrogen) atoms. The minimum Gasteiger partial charge on any atom is -0.331 e. The standard InChI is InChI=1S/C26H29N5O/c32-25(15-22-16-29-12-9-19(22)10-13-29)31-14-11-20-3-1-2-4-24(20)26(31)21-5-7-23(8-6-21)30-17-27-28-18-30/h1-8,17-19,22,26H,9-16H2/t22-,26+/m1/s1. The first-order valence-electron chi connectivity index (χ1n) is 11.8. The van der Waals surface area contributed by atoms with Gasteiger partial charge in [-0.05, 0) is 73.0 Å². The monoisotopic (exact) mass is 427 g/mol. The Morgan fingerprint density at radius 3 is 2.41 bits per heavy atom. The van der Waals surface area contributed by atoms with Crippen molar-refractivity contribution in [1.29, 1.82) is 0 Å². The number of aromatic nitrogens is 3. The van der Waals surface area contributed by atoms with Crippen LogP contribution in [0.15, 0.2) is 61.2 Å². The van der Waals surface area contributed by atoms with Crippen LogP contribution in [0.1, 0.15) is 42.0 Å². The molecule has 7 rings (SSSR count). The van der Waals surface area contributed by atoms with Crippen LogP contribution in [-0.2, 0) is 11.2 Å². The first-order chi connectivity index (χ1) is 15.8. The molecule has 6 heteroatoms. The number of benzene rings is 2. The summed E-state index contributed by atoms with van der Waals surface area (Å²) in [5.74, 6) is 1.55. The number of carbonyl (C=O) groups excluding carboxylic acids is 1. The van der Waals surface area contributed by atoms with Gasteiger partial charge in [-0.2, -0.15) is 0 Å². The second-order valence-corrected chi connectivity index (χ2v) is 9.50. The molecule has 1 aromatic heterocycles. The SMILES string of the molecule is O=C(C[C@@H]1CN2CCC1CC2)N1CCc2ccccc2[C@@H]1c1ccc(-n2cnnc2)cc1. The zero-order chi connectivity index (χ0) is 21.5. The highest BCUT2D eigenvalue weighted by atomic mass is 16.2. The minimum atomic E-state index is -0.0245. The van der Waals surface area contributed by atoms with Crippen LogP contribution in [0.2, 0.25) is 0 Å². The van der Waals surface area contributed by atoms with Gasteiger partial charge < -0.3 is 9.80 Å². The highest BCUT2D eigenvalue weighted by molar-refractivity contribution is 5.78. The normalized spacial score (nSPS) is 26.7. The van der Waals surface area contributed by atoms with E-state index in [0.29, 0.717) is 18.2 Å². The largest absolute Gasteiger partial charge is 0.331 e. The molecule has 0 N–H and O–H groups in total. The van der Waals surface area contributed by atoms with Crippen molar-refractivity contribution in [2.75, 3.05) is 26.2 Å². The van der Waals surface area contributed by atoms with Crippen molar-refractivity contribution in [3.05, 3.63) is 77.9 Å². The number of hydrogen-bond donors (Lipinski definition) is 0. The van der Waals surface area contributed by atoms with Crippen molar-refractivity contribution in [3.8, 4) is 5.69 Å². The molecule has 0 radical (unpaired) electrons. The lowest BCUT2D eigenvalue weighted by Crippen LogP contribution is -2.49. The Balaban J connectivity index is 1.30. The Bertz CT molecular complexity index is 1090. The fraction of sp³-hybridized carbons (Fsp3) is 0.423. The van der Waals surface area contributed by atoms with Gasteiger partial charge in [-0.25, -0.2) is 0 Å². The molecule has 3 saturated heterocycles. The summed E-state index contributed by atoms with van der Waals surface area (Å²) in [5.41, 5.74) is 4.80. The van der Waals surface area contributed by atoms with Crippen LogP contribution >= 0.6 is 0 Å². The Labute approximate surface area is 188 Å². The van der Waals surface area contributed by atoms with E-state index in [9.17, 15) is 4.79 Å². The van der Waals surface area contributed by atoms with Crippen molar-refractivity contribution in [1.82, 2.24) is 24.6 Å². The maximum absolute atomic E-state index is 13.7. The molecular weight excluding hydrogens is 398 g/mol. The third-order valence-corrected chi connectivity index (χ3v) is 7.76. The summed E-state index contributed by atoms with van der Waals surface area (Å²) in [6.45, 7) is 4.32. The molecule has 0 saturated carbocycles. The van der Waals surface area contributed by atoms with Crippen molar-refractivity contribution in [3.63, 3.8) is 0 Å². The van der Waals surface area contributed by atoms with Crippen LogP contribution in [0.5, 0.6) is 0 Å². The summed E-state index contributed by atoms with van der Waals surface area (Å²) in [5, 5.41) is 7.81. The summed E-state index contributed by atoms with van der Waals surface area (Å²) in [6.07, 6.45) is 7.53. The van der Waals surface area contributed by atoms with Gasteiger partial charge in [-0.15, -0.1) is 10.2 Å². The maximum atomic E-state index is 13.7. The van der Waals surface area contributed by atoms with Crippen LogP contribution in [-0.4, -0.2) is 56.7 Å². The van der Waals surface area contributed by atoms with Crippen molar-refractivity contribution in [2.24, 2.45) is 11.8 Å². The fourth-order valence-electron chi connectivity index (χ4n) is 6.02. The zero-order valence-corrected chi connectivity index (χ0v) is 18.3. The molecule has 0 aliphatic carbocycles. The lowest BCUT2D eigenvalue weighted by Gasteiger charge is -2.46. The number of hydrogen-bond acceptors (Lipinski definition) is 4. The average Bonchev–Trinajstić information content (AvgIpc) is 3.39. The van der Waals surface area contributed by atoms with E-state index in [-0.39, 0.29) is 6.04 Å². The quantitative estimate of drug-likeness (QED) is 0.640. The van der Waals surface area contributed by atoms with Gasteiger partial charge in [0.15, 0.2) is 0 Å². The molecule has 164 valence electrons. The third kappa shape index (κ3) is 3.52. The summed E-state index contributed by atoms with van der Waals surface area (Å²) in [7, 11) is 0. The van der Waals surface area contributed by atoms with Gasteiger partial charge in [-0.3, -0.25) is 9.36 Å². The number of piperidine rings is 3. The second kappa shape index (κ2) is 8.17. The first-order valence-corrected chi connectivity index (χ1v) is 11.8. The van der Waals surface area contributed by atoms with Crippen LogP contribution in [0.4, 0.5) is 0 Å². The molecule has 1 amide bonds. The third-order valence-electron chi connectivity index (χ3n) is 7.76. The van der Waals surface area contributed by atoms with E-state index < -0.39 is 0 Å². The Hall–Kier alpha value is -2.99. The number of amides is 1. The molecule has 0 spiro atoms. The molecular formula is C26H29N5O. The van der Waals surface area contributed by atoms with E-state index in [1.807, 2.05) is 4.57 Å². The number of carbonyl (C=O) groups is 1. The Morgan fingerprint density at radius 2 is 1.69 bits per heavy atom. The molecule has 3 aromatic rings. The van der Waals surface area contributed by atoms with E-state index in [4.69, 9.17) is 0 Å². The Morgan fingerprint density at radius 1 is 0.938 bits per heavy atom. The minimum absolute atomic E-state index is 0.0245. The van der Waals surface area contributed by atoms with Gasteiger partial charge in [0.25, 0.3) is 0 Å². The van der Waals surface area contributed by atoms with Gasteiger partial charge >= 0.3 is 0 Å². The van der Waals surface area contributed by atoms with E-state index in [1.54, 1.807) is 12.7 Å². The molecule has 2 atom stereocenters. The molecule has 2 bridgehead atoms. The fourth-order valence-corrected chi connectivity index (χ4v) is 6.02. The smallest absolute Gasteiger partial charge is 0.223 e. The van der Waals surface area contributed by atoms with Gasteiger partial charge in [0.05, 0.1) is 6.04 Å². The van der Waals surface area contributed by atoms with Crippen LogP contribution < -0.4 is 0 Å². The summed E-state index contributed by atoms with van der Waals surface area (Å²) < 4.78 is 1.90. The number of rotatable bonds is 4. The Kier molecular flexibility index (Phi) is 5.02. The zero-order valence-electron chi connectivity index (χ0n) is 18.3. The van der Waals surface area contributed by atoms with E-state index >= 15 is 0 Å². The average molecular weight is 428 g/mol. The number of fused-ring (bicyclic) bond motifs is 4. The van der Waals surface area contributed by atoms with E-state index in [2.05, 4.69) is 68.5 Å². The summed E-state index contributed by atoms with van der Waals surface area (Å²) >= 11 is 0. The predicted molar refractivity (Wildman–Crippen MR) is 122 cm³/mol. The topological polar surface area (TPSA) is 54.3 Å². The predicted octanol–water partition coefficient (Wildman–Crippen LogP) is 3.47. The maximum Gasteiger partial charge on any atom is 0.223 e. The van der Waals surface area contributed by atoms with Crippen LogP contribution in [0, 0.1) is 11.8 Å². The second-order valence-electron chi connectivity index (χ2n) is 9.50. The van der Waals surface area contributed by atoms with Crippen LogP contribution in [0.25, 0.3) is 5.69 Å². The van der Waals surface area contributed by atoms with Crippen molar-refractivity contribution >= 4 is 5.91 Å². The highest BCUT2D eigenvalue weighted by Crippen LogP contribution is 2.39. The lowest BCUT2D eigenvalue weighted by atomic mass is 9.77. The van der Waals surface area contributed by atoms with Gasteiger partial charge in [0, 0.05) is 25.2 Å². The summed E-state index contributed by atoms with van der Waals surface area (Å²) in [4.78, 5) is 18.4. The molecule has 2 aromatic carbocycles. The number of nitrogens with zero attached hydrogens (tertiary/aromatic N) is 5.